The van der Waals surface area contributed by atoms with Gasteiger partial charge >= 0.3 is 0 Å². The van der Waals surface area contributed by atoms with Gasteiger partial charge in [0.1, 0.15) is 0 Å². The zero-order valence-corrected chi connectivity index (χ0v) is 20.9. The predicted molar refractivity (Wildman–Crippen MR) is 141 cm³/mol. The van der Waals surface area contributed by atoms with E-state index in [1.807, 2.05) is 17.0 Å². The zero-order valence-electron chi connectivity index (χ0n) is 20.9. The summed E-state index contributed by atoms with van der Waals surface area (Å²) in [5.41, 5.74) is 2.53. The van der Waals surface area contributed by atoms with Gasteiger partial charge in [0.15, 0.2) is 0 Å². The summed E-state index contributed by atoms with van der Waals surface area (Å²) < 4.78 is 0. The second kappa shape index (κ2) is 13.5. The predicted octanol–water partition coefficient (Wildman–Crippen LogP) is 5.06. The Morgan fingerprint density at radius 1 is 0.857 bits per heavy atom. The minimum Gasteiger partial charge on any atom is -0.376 e. The molecule has 35 heavy (non-hydrogen) atoms. The van der Waals surface area contributed by atoms with Crippen LogP contribution in [0.1, 0.15) is 79.5 Å². The van der Waals surface area contributed by atoms with Crippen LogP contribution < -0.4 is 16.0 Å². The number of hydrogen-bond donors (Lipinski definition) is 3. The van der Waals surface area contributed by atoms with Gasteiger partial charge in [-0.3, -0.25) is 14.4 Å². The molecule has 3 rings (SSSR count). The summed E-state index contributed by atoms with van der Waals surface area (Å²) in [6.45, 7) is 5.70. The molecule has 2 aromatic carbocycles. The molecule has 0 saturated heterocycles. The smallest absolute Gasteiger partial charge is 0.253 e. The molecule has 1 aliphatic rings. The van der Waals surface area contributed by atoms with Gasteiger partial charge in [0.05, 0.1) is 6.54 Å². The van der Waals surface area contributed by atoms with Crippen molar-refractivity contribution in [1.29, 1.82) is 0 Å². The average molecular weight is 479 g/mol. The van der Waals surface area contributed by atoms with Gasteiger partial charge in [-0.1, -0.05) is 39.2 Å². The zero-order chi connectivity index (χ0) is 25.0. The number of carbonyl (C=O) groups is 3. The van der Waals surface area contributed by atoms with Crippen LogP contribution >= 0.6 is 0 Å². The summed E-state index contributed by atoms with van der Waals surface area (Å²) in [5.74, 6) is -0.283. The molecule has 0 unspecified atom stereocenters. The van der Waals surface area contributed by atoms with E-state index in [4.69, 9.17) is 0 Å². The molecule has 0 aliphatic heterocycles. The molecule has 1 aliphatic carbocycles. The highest BCUT2D eigenvalue weighted by atomic mass is 16.2. The fourth-order valence-electron chi connectivity index (χ4n) is 4.41. The van der Waals surface area contributed by atoms with Gasteiger partial charge in [0.25, 0.3) is 11.8 Å². The number of anilines is 2. The third-order valence-corrected chi connectivity index (χ3v) is 6.21. The molecule has 0 radical (unpaired) electrons. The fourth-order valence-corrected chi connectivity index (χ4v) is 4.41. The first kappa shape index (κ1) is 26.3. The molecule has 0 atom stereocenters. The standard InChI is InChI=1S/C28H38N4O3/c1-3-17-32(18-4-2)28(35)21-13-15-23(16-14-21)29-20-26(33)30-25-12-8-9-22(19-25)27(34)31-24-10-6-5-7-11-24/h8-9,12-16,19,24,29H,3-7,10-11,17-18,20H2,1-2H3,(H,30,33)(H,31,34). The highest BCUT2D eigenvalue weighted by molar-refractivity contribution is 5.98. The van der Waals surface area contributed by atoms with E-state index in [2.05, 4.69) is 29.8 Å². The normalized spacial score (nSPS) is 13.7. The Bertz CT molecular complexity index is 978. The van der Waals surface area contributed by atoms with E-state index in [1.54, 1.807) is 36.4 Å². The van der Waals surface area contributed by atoms with E-state index < -0.39 is 0 Å². The number of hydrogen-bond acceptors (Lipinski definition) is 4. The van der Waals surface area contributed by atoms with E-state index in [0.717, 1.165) is 57.3 Å². The van der Waals surface area contributed by atoms with Crippen LogP contribution in [0.15, 0.2) is 48.5 Å². The first-order valence-electron chi connectivity index (χ1n) is 12.8. The van der Waals surface area contributed by atoms with Crippen molar-refractivity contribution in [2.75, 3.05) is 30.3 Å². The molecule has 7 heteroatoms. The third-order valence-electron chi connectivity index (χ3n) is 6.21. The van der Waals surface area contributed by atoms with Gasteiger partial charge in [-0.2, -0.15) is 0 Å². The second-order valence-corrected chi connectivity index (χ2v) is 9.16. The van der Waals surface area contributed by atoms with Crippen molar-refractivity contribution >= 4 is 29.1 Å². The van der Waals surface area contributed by atoms with Crippen molar-refractivity contribution in [1.82, 2.24) is 10.2 Å². The first-order valence-corrected chi connectivity index (χ1v) is 12.8. The summed E-state index contributed by atoms with van der Waals surface area (Å²) >= 11 is 0. The lowest BCUT2D eigenvalue weighted by atomic mass is 9.95. The fraction of sp³-hybridized carbons (Fsp3) is 0.464. The van der Waals surface area contributed by atoms with Gasteiger partial charge < -0.3 is 20.9 Å². The Balaban J connectivity index is 1.49. The summed E-state index contributed by atoms with van der Waals surface area (Å²) in [5, 5.41) is 9.03. The minimum atomic E-state index is -0.216. The Morgan fingerprint density at radius 3 is 2.20 bits per heavy atom. The third kappa shape index (κ3) is 8.12. The number of carbonyl (C=O) groups excluding carboxylic acids is 3. The summed E-state index contributed by atoms with van der Waals surface area (Å²) in [6, 6.07) is 14.4. The molecule has 188 valence electrons. The molecule has 1 saturated carbocycles. The van der Waals surface area contributed by atoms with Gasteiger partial charge in [0, 0.05) is 41.6 Å². The Kier molecular flexibility index (Phi) is 10.1. The van der Waals surface area contributed by atoms with Gasteiger partial charge in [-0.05, 0) is 68.1 Å². The monoisotopic (exact) mass is 478 g/mol. The van der Waals surface area contributed by atoms with Crippen LogP contribution in [0.4, 0.5) is 11.4 Å². The highest BCUT2D eigenvalue weighted by Crippen LogP contribution is 2.19. The quantitative estimate of drug-likeness (QED) is 0.421. The number of nitrogens with zero attached hydrogens (tertiary/aromatic N) is 1. The SMILES string of the molecule is CCCN(CCC)C(=O)c1ccc(NCC(=O)Nc2cccc(C(=O)NC3CCCCC3)c2)cc1. The Labute approximate surface area is 208 Å². The molecule has 1 fully saturated rings. The lowest BCUT2D eigenvalue weighted by molar-refractivity contribution is -0.114. The summed E-state index contributed by atoms with van der Waals surface area (Å²) in [7, 11) is 0. The molecular weight excluding hydrogens is 440 g/mol. The average Bonchev–Trinajstić information content (AvgIpc) is 2.88. The van der Waals surface area contributed by atoms with E-state index in [0.29, 0.717) is 16.8 Å². The molecule has 0 aromatic heterocycles. The van der Waals surface area contributed by atoms with Crippen LogP contribution in [0.5, 0.6) is 0 Å². The summed E-state index contributed by atoms with van der Waals surface area (Å²) in [4.78, 5) is 39.6. The van der Waals surface area contributed by atoms with Crippen LogP contribution in [0.2, 0.25) is 0 Å². The molecular formula is C28H38N4O3. The van der Waals surface area contributed by atoms with Crippen molar-refractivity contribution in [2.45, 2.75) is 64.8 Å². The Hall–Kier alpha value is -3.35. The number of nitrogens with one attached hydrogen (secondary N) is 3. The molecule has 7 nitrogen and oxygen atoms in total. The number of benzene rings is 2. The molecule has 0 bridgehead atoms. The largest absolute Gasteiger partial charge is 0.376 e. The Morgan fingerprint density at radius 2 is 1.54 bits per heavy atom. The van der Waals surface area contributed by atoms with Crippen molar-refractivity contribution < 1.29 is 14.4 Å². The van der Waals surface area contributed by atoms with E-state index in [1.165, 1.54) is 6.42 Å². The lowest BCUT2D eigenvalue weighted by Gasteiger charge is -2.22. The van der Waals surface area contributed by atoms with Crippen molar-refractivity contribution in [3.05, 3.63) is 59.7 Å². The molecule has 3 N–H and O–H groups in total. The maximum Gasteiger partial charge on any atom is 0.253 e. The van der Waals surface area contributed by atoms with E-state index in [-0.39, 0.29) is 30.3 Å². The maximum atomic E-state index is 12.7. The molecule has 0 spiro atoms. The molecule has 2 aromatic rings. The number of amides is 3. The van der Waals surface area contributed by atoms with Crippen LogP contribution in [0, 0.1) is 0 Å². The van der Waals surface area contributed by atoms with Gasteiger partial charge in [0.2, 0.25) is 5.91 Å². The highest BCUT2D eigenvalue weighted by Gasteiger charge is 2.17. The second-order valence-electron chi connectivity index (χ2n) is 9.16. The van der Waals surface area contributed by atoms with E-state index in [9.17, 15) is 14.4 Å². The van der Waals surface area contributed by atoms with Crippen LogP contribution in [-0.2, 0) is 4.79 Å². The lowest BCUT2D eigenvalue weighted by Crippen LogP contribution is -2.36. The minimum absolute atomic E-state index is 0.0328. The molecule has 3 amide bonds. The van der Waals surface area contributed by atoms with Crippen LogP contribution in [0.25, 0.3) is 0 Å². The molecule has 0 heterocycles. The number of rotatable bonds is 11. The van der Waals surface area contributed by atoms with Gasteiger partial charge in [-0.25, -0.2) is 0 Å². The first-order chi connectivity index (χ1) is 17.0. The van der Waals surface area contributed by atoms with Crippen molar-refractivity contribution in [3.8, 4) is 0 Å². The van der Waals surface area contributed by atoms with Gasteiger partial charge in [-0.15, -0.1) is 0 Å². The van der Waals surface area contributed by atoms with Crippen molar-refractivity contribution in [2.24, 2.45) is 0 Å². The maximum absolute atomic E-state index is 12.7. The topological polar surface area (TPSA) is 90.5 Å². The van der Waals surface area contributed by atoms with E-state index >= 15 is 0 Å². The van der Waals surface area contributed by atoms with Crippen molar-refractivity contribution in [3.63, 3.8) is 0 Å². The summed E-state index contributed by atoms with van der Waals surface area (Å²) in [6.07, 6.45) is 7.45. The van der Waals surface area contributed by atoms with Crippen LogP contribution in [0.3, 0.4) is 0 Å². The van der Waals surface area contributed by atoms with Crippen LogP contribution in [-0.4, -0.2) is 48.3 Å².